The molecule has 16 heavy (non-hydrogen) atoms. The van der Waals surface area contributed by atoms with Crippen molar-refractivity contribution < 1.29 is 9.59 Å². The van der Waals surface area contributed by atoms with E-state index in [0.29, 0.717) is 5.75 Å². The molecule has 0 aromatic heterocycles. The minimum atomic E-state index is -0.436. The topological polar surface area (TPSA) is 34.1 Å². The van der Waals surface area contributed by atoms with Crippen LogP contribution in [-0.2, 0) is 15.3 Å². The summed E-state index contributed by atoms with van der Waals surface area (Å²) in [4.78, 5) is 22.4. The van der Waals surface area contributed by atoms with Crippen molar-refractivity contribution in [3.05, 3.63) is 35.9 Å². The first-order valence-corrected chi connectivity index (χ1v) is 6.39. The van der Waals surface area contributed by atoms with Gasteiger partial charge in [0.2, 0.25) is 0 Å². The highest BCUT2D eigenvalue weighted by Gasteiger charge is 2.18. The summed E-state index contributed by atoms with van der Waals surface area (Å²) in [6.07, 6.45) is 0. The fourth-order valence-electron chi connectivity index (χ4n) is 1.39. The summed E-state index contributed by atoms with van der Waals surface area (Å²) in [6.45, 7) is 2.96. The molecular formula is C13H16O2S. The Kier molecular flexibility index (Phi) is 5.26. The van der Waals surface area contributed by atoms with Crippen molar-refractivity contribution in [2.24, 2.45) is 5.92 Å². The molecule has 0 fully saturated rings. The predicted octanol–water partition coefficient (Wildman–Crippen LogP) is 2.71. The second-order valence-corrected chi connectivity index (χ2v) is 4.80. The lowest BCUT2D eigenvalue weighted by molar-refractivity contribution is -0.129. The number of hydrogen-bond donors (Lipinski definition) is 0. The number of carbonyl (C=O) groups is 2. The van der Waals surface area contributed by atoms with Crippen LogP contribution in [0, 0.1) is 5.92 Å². The highest BCUT2D eigenvalue weighted by Crippen LogP contribution is 2.16. The average molecular weight is 236 g/mol. The Labute approximate surface area is 100 Å². The fraction of sp³-hybridized carbons (Fsp3) is 0.385. The van der Waals surface area contributed by atoms with Crippen molar-refractivity contribution in [3.63, 3.8) is 0 Å². The van der Waals surface area contributed by atoms with E-state index >= 15 is 0 Å². The number of carbonyl (C=O) groups excluding carboxylic acids is 2. The van der Waals surface area contributed by atoms with Crippen LogP contribution in [0.5, 0.6) is 0 Å². The fourth-order valence-corrected chi connectivity index (χ4v) is 2.64. The van der Waals surface area contributed by atoms with Crippen molar-refractivity contribution >= 4 is 23.3 Å². The molecule has 0 spiro atoms. The van der Waals surface area contributed by atoms with E-state index in [1.165, 1.54) is 19.4 Å². The molecule has 0 aliphatic rings. The lowest BCUT2D eigenvalue weighted by Gasteiger charge is -2.09. The lowest BCUT2D eigenvalue weighted by atomic mass is 10.0. The molecule has 0 saturated heterocycles. The Bertz CT molecular complexity index is 345. The Balaban J connectivity index is 2.40. The molecule has 0 aliphatic carbocycles. The van der Waals surface area contributed by atoms with E-state index < -0.39 is 5.92 Å². The molecule has 86 valence electrons. The van der Waals surface area contributed by atoms with Crippen LogP contribution in [0.25, 0.3) is 0 Å². The maximum atomic E-state index is 11.2. The number of ketones is 2. The molecule has 2 nitrogen and oxygen atoms in total. The van der Waals surface area contributed by atoms with Crippen LogP contribution < -0.4 is 0 Å². The number of hydrogen-bond acceptors (Lipinski definition) is 3. The van der Waals surface area contributed by atoms with Crippen molar-refractivity contribution in [2.45, 2.75) is 19.6 Å². The van der Waals surface area contributed by atoms with E-state index in [0.717, 1.165) is 5.75 Å². The summed E-state index contributed by atoms with van der Waals surface area (Å²) in [5.74, 6) is 0.923. The van der Waals surface area contributed by atoms with Gasteiger partial charge in [0.05, 0.1) is 5.92 Å². The quantitative estimate of drug-likeness (QED) is 0.712. The third-order valence-electron chi connectivity index (χ3n) is 2.38. The van der Waals surface area contributed by atoms with Crippen molar-refractivity contribution in [1.29, 1.82) is 0 Å². The predicted molar refractivity (Wildman–Crippen MR) is 67.5 cm³/mol. The number of benzene rings is 1. The van der Waals surface area contributed by atoms with E-state index in [-0.39, 0.29) is 11.6 Å². The number of rotatable bonds is 6. The molecule has 1 aromatic rings. The number of Topliss-reactive ketones (excluding diaryl/α,β-unsaturated/α-hetero) is 2. The molecule has 0 bridgehead atoms. The zero-order valence-electron chi connectivity index (χ0n) is 9.60. The zero-order valence-corrected chi connectivity index (χ0v) is 10.4. The van der Waals surface area contributed by atoms with Gasteiger partial charge in [-0.3, -0.25) is 9.59 Å². The van der Waals surface area contributed by atoms with Crippen molar-refractivity contribution in [1.82, 2.24) is 0 Å². The molecule has 1 aromatic carbocycles. The van der Waals surface area contributed by atoms with Gasteiger partial charge in [0.15, 0.2) is 0 Å². The van der Waals surface area contributed by atoms with Crippen LogP contribution in [0.3, 0.4) is 0 Å². The zero-order chi connectivity index (χ0) is 12.0. The summed E-state index contributed by atoms with van der Waals surface area (Å²) in [7, 11) is 0. The van der Waals surface area contributed by atoms with Gasteiger partial charge in [0.25, 0.3) is 0 Å². The Hall–Kier alpha value is -1.09. The van der Waals surface area contributed by atoms with Crippen LogP contribution in [-0.4, -0.2) is 17.3 Å². The van der Waals surface area contributed by atoms with E-state index in [4.69, 9.17) is 0 Å². The third-order valence-corrected chi connectivity index (χ3v) is 3.48. The van der Waals surface area contributed by atoms with E-state index in [2.05, 4.69) is 0 Å². The van der Waals surface area contributed by atoms with Crippen LogP contribution in [0.15, 0.2) is 30.3 Å². The highest BCUT2D eigenvalue weighted by atomic mass is 32.2. The van der Waals surface area contributed by atoms with Crippen LogP contribution >= 0.6 is 11.8 Å². The SMILES string of the molecule is CC(=O)C(CSCc1ccccc1)C(C)=O. The van der Waals surface area contributed by atoms with Crippen molar-refractivity contribution in [3.8, 4) is 0 Å². The second-order valence-electron chi connectivity index (χ2n) is 3.77. The Morgan fingerprint density at radius 3 is 2.19 bits per heavy atom. The highest BCUT2D eigenvalue weighted by molar-refractivity contribution is 7.98. The first-order chi connectivity index (χ1) is 7.61. The van der Waals surface area contributed by atoms with Gasteiger partial charge in [-0.15, -0.1) is 0 Å². The minimum Gasteiger partial charge on any atom is -0.299 e. The summed E-state index contributed by atoms with van der Waals surface area (Å²) < 4.78 is 0. The van der Waals surface area contributed by atoms with Crippen molar-refractivity contribution in [2.75, 3.05) is 5.75 Å². The molecule has 0 heterocycles. The molecule has 0 amide bonds. The Morgan fingerprint density at radius 2 is 1.69 bits per heavy atom. The van der Waals surface area contributed by atoms with Gasteiger partial charge in [0.1, 0.15) is 11.6 Å². The first-order valence-electron chi connectivity index (χ1n) is 5.24. The first kappa shape index (κ1) is 13.0. The molecule has 0 radical (unpaired) electrons. The molecule has 0 N–H and O–H groups in total. The third kappa shape index (κ3) is 4.19. The lowest BCUT2D eigenvalue weighted by Crippen LogP contribution is -2.21. The number of thioether (sulfide) groups is 1. The van der Waals surface area contributed by atoms with Gasteiger partial charge < -0.3 is 0 Å². The minimum absolute atomic E-state index is 0.0342. The van der Waals surface area contributed by atoms with Crippen LogP contribution in [0.2, 0.25) is 0 Å². The molecule has 0 unspecified atom stereocenters. The molecule has 0 atom stereocenters. The van der Waals surface area contributed by atoms with Gasteiger partial charge in [0, 0.05) is 11.5 Å². The Morgan fingerprint density at radius 1 is 1.12 bits per heavy atom. The van der Waals surface area contributed by atoms with E-state index in [1.54, 1.807) is 11.8 Å². The van der Waals surface area contributed by atoms with Gasteiger partial charge in [-0.2, -0.15) is 11.8 Å². The average Bonchev–Trinajstić information content (AvgIpc) is 2.24. The van der Waals surface area contributed by atoms with Gasteiger partial charge in [-0.25, -0.2) is 0 Å². The maximum Gasteiger partial charge on any atom is 0.141 e. The summed E-state index contributed by atoms with van der Waals surface area (Å²) in [6, 6.07) is 10.0. The van der Waals surface area contributed by atoms with Gasteiger partial charge in [-0.1, -0.05) is 30.3 Å². The monoisotopic (exact) mass is 236 g/mol. The normalized spacial score (nSPS) is 10.4. The smallest absolute Gasteiger partial charge is 0.141 e. The maximum absolute atomic E-state index is 11.2. The van der Waals surface area contributed by atoms with Crippen LogP contribution in [0.4, 0.5) is 0 Å². The second kappa shape index (κ2) is 6.48. The van der Waals surface area contributed by atoms with Gasteiger partial charge >= 0.3 is 0 Å². The van der Waals surface area contributed by atoms with E-state index in [9.17, 15) is 9.59 Å². The largest absolute Gasteiger partial charge is 0.299 e. The van der Waals surface area contributed by atoms with Gasteiger partial charge in [-0.05, 0) is 19.4 Å². The molecular weight excluding hydrogens is 220 g/mol. The molecule has 0 saturated carbocycles. The summed E-state index contributed by atoms with van der Waals surface area (Å²) in [5, 5.41) is 0. The molecule has 3 heteroatoms. The van der Waals surface area contributed by atoms with E-state index in [1.807, 2.05) is 30.3 Å². The van der Waals surface area contributed by atoms with Crippen LogP contribution in [0.1, 0.15) is 19.4 Å². The molecule has 1 rings (SSSR count). The standard InChI is InChI=1S/C13H16O2S/c1-10(14)13(11(2)15)9-16-8-12-6-4-3-5-7-12/h3-7,13H,8-9H2,1-2H3. The summed E-state index contributed by atoms with van der Waals surface area (Å²) in [5.41, 5.74) is 1.22. The summed E-state index contributed by atoms with van der Waals surface area (Å²) >= 11 is 1.63. The molecule has 0 aliphatic heterocycles.